The summed E-state index contributed by atoms with van der Waals surface area (Å²) in [4.78, 5) is 31.4. The van der Waals surface area contributed by atoms with Crippen molar-refractivity contribution in [2.75, 3.05) is 36.5 Å². The van der Waals surface area contributed by atoms with E-state index >= 15 is 0 Å². The van der Waals surface area contributed by atoms with Gasteiger partial charge >= 0.3 is 0 Å². The van der Waals surface area contributed by atoms with Gasteiger partial charge in [0.1, 0.15) is 5.56 Å². The van der Waals surface area contributed by atoms with Crippen LogP contribution in [0.25, 0.3) is 22.0 Å². The maximum Gasteiger partial charge on any atom is 0.261 e. The van der Waals surface area contributed by atoms with Gasteiger partial charge in [0.15, 0.2) is 0 Å². The number of rotatable bonds is 4. The SMILES string of the molecule is O=C(Nc1ccc(N2CCOCC2)cc1)c1c(-c2ccccc2)c2cc(Cl)ccc2[nH]c1=O. The number of fused-ring (bicyclic) bond motifs is 1. The number of nitrogens with one attached hydrogen (secondary N) is 2. The number of anilines is 2. The number of carbonyl (C=O) groups is 1. The number of pyridine rings is 1. The van der Waals surface area contributed by atoms with E-state index in [0.29, 0.717) is 40.4 Å². The number of morpholine rings is 1. The Morgan fingerprint density at radius 3 is 2.42 bits per heavy atom. The van der Waals surface area contributed by atoms with Crippen LogP contribution in [0.1, 0.15) is 10.4 Å². The monoisotopic (exact) mass is 459 g/mol. The smallest absolute Gasteiger partial charge is 0.261 e. The van der Waals surface area contributed by atoms with E-state index in [1.54, 1.807) is 18.2 Å². The van der Waals surface area contributed by atoms with E-state index in [9.17, 15) is 9.59 Å². The Labute approximate surface area is 195 Å². The first-order valence-electron chi connectivity index (χ1n) is 10.8. The van der Waals surface area contributed by atoms with Crippen molar-refractivity contribution < 1.29 is 9.53 Å². The summed E-state index contributed by atoms with van der Waals surface area (Å²) in [7, 11) is 0. The number of amides is 1. The molecule has 0 unspecified atom stereocenters. The number of benzene rings is 3. The zero-order chi connectivity index (χ0) is 22.8. The van der Waals surface area contributed by atoms with Crippen LogP contribution in [0.3, 0.4) is 0 Å². The molecule has 2 heterocycles. The molecule has 1 aliphatic heterocycles. The Bertz CT molecular complexity index is 1360. The third-order valence-corrected chi connectivity index (χ3v) is 6.00. The average Bonchev–Trinajstić information content (AvgIpc) is 2.85. The lowest BCUT2D eigenvalue weighted by Gasteiger charge is -2.28. The van der Waals surface area contributed by atoms with Gasteiger partial charge in [-0.05, 0) is 48.0 Å². The number of aromatic amines is 1. The molecule has 1 aromatic heterocycles. The van der Waals surface area contributed by atoms with Crippen LogP contribution in [-0.2, 0) is 4.74 Å². The van der Waals surface area contributed by atoms with Gasteiger partial charge in [-0.25, -0.2) is 0 Å². The molecule has 5 rings (SSSR count). The van der Waals surface area contributed by atoms with Crippen LogP contribution in [0.5, 0.6) is 0 Å². The number of hydrogen-bond acceptors (Lipinski definition) is 4. The summed E-state index contributed by atoms with van der Waals surface area (Å²) in [6.07, 6.45) is 0. The molecule has 0 saturated carbocycles. The second-order valence-corrected chi connectivity index (χ2v) is 8.30. The zero-order valence-corrected chi connectivity index (χ0v) is 18.6. The molecule has 2 N–H and O–H groups in total. The van der Waals surface area contributed by atoms with E-state index in [1.165, 1.54) is 0 Å². The Hall–Kier alpha value is -3.61. The molecule has 0 spiro atoms. The topological polar surface area (TPSA) is 74.4 Å². The fourth-order valence-corrected chi connectivity index (χ4v) is 4.33. The van der Waals surface area contributed by atoms with Crippen LogP contribution in [-0.4, -0.2) is 37.2 Å². The maximum absolute atomic E-state index is 13.4. The number of H-pyrrole nitrogens is 1. The lowest BCUT2D eigenvalue weighted by atomic mass is 9.95. The lowest BCUT2D eigenvalue weighted by molar-refractivity contribution is 0.102. The number of nitrogens with zero attached hydrogens (tertiary/aromatic N) is 1. The molecule has 3 aromatic carbocycles. The molecular formula is C26H22ClN3O3. The van der Waals surface area contributed by atoms with Crippen LogP contribution in [0.2, 0.25) is 5.02 Å². The van der Waals surface area contributed by atoms with Crippen LogP contribution in [0.4, 0.5) is 11.4 Å². The summed E-state index contributed by atoms with van der Waals surface area (Å²) in [5.41, 5.74) is 3.22. The van der Waals surface area contributed by atoms with Gasteiger partial charge in [-0.1, -0.05) is 41.9 Å². The second-order valence-electron chi connectivity index (χ2n) is 7.86. The second kappa shape index (κ2) is 9.10. The molecule has 0 atom stereocenters. The van der Waals surface area contributed by atoms with Crippen molar-refractivity contribution in [1.82, 2.24) is 4.98 Å². The summed E-state index contributed by atoms with van der Waals surface area (Å²) >= 11 is 6.25. The number of aromatic nitrogens is 1. The van der Waals surface area contributed by atoms with E-state index in [4.69, 9.17) is 16.3 Å². The van der Waals surface area contributed by atoms with Crippen molar-refractivity contribution in [3.05, 3.63) is 93.7 Å². The molecule has 0 aliphatic carbocycles. The quantitative estimate of drug-likeness (QED) is 0.453. The number of ether oxygens (including phenoxy) is 1. The molecule has 6 nitrogen and oxygen atoms in total. The van der Waals surface area contributed by atoms with Crippen LogP contribution in [0, 0.1) is 0 Å². The summed E-state index contributed by atoms with van der Waals surface area (Å²) in [6.45, 7) is 3.08. The molecular weight excluding hydrogens is 438 g/mol. The largest absolute Gasteiger partial charge is 0.378 e. The van der Waals surface area contributed by atoms with Crippen LogP contribution < -0.4 is 15.8 Å². The van der Waals surface area contributed by atoms with Crippen molar-refractivity contribution in [2.45, 2.75) is 0 Å². The van der Waals surface area contributed by atoms with E-state index in [-0.39, 0.29) is 5.56 Å². The van der Waals surface area contributed by atoms with Crippen molar-refractivity contribution in [3.63, 3.8) is 0 Å². The van der Waals surface area contributed by atoms with Gasteiger partial charge in [-0.15, -0.1) is 0 Å². The average molecular weight is 460 g/mol. The maximum atomic E-state index is 13.4. The molecule has 33 heavy (non-hydrogen) atoms. The summed E-state index contributed by atoms with van der Waals surface area (Å²) in [6, 6.07) is 22.2. The highest BCUT2D eigenvalue weighted by molar-refractivity contribution is 6.31. The van der Waals surface area contributed by atoms with E-state index in [1.807, 2.05) is 54.6 Å². The predicted octanol–water partition coefficient (Wildman–Crippen LogP) is 4.94. The lowest BCUT2D eigenvalue weighted by Crippen LogP contribution is -2.36. The van der Waals surface area contributed by atoms with E-state index in [2.05, 4.69) is 15.2 Å². The van der Waals surface area contributed by atoms with Gasteiger partial charge in [-0.3, -0.25) is 9.59 Å². The minimum Gasteiger partial charge on any atom is -0.378 e. The van der Waals surface area contributed by atoms with Gasteiger partial charge in [-0.2, -0.15) is 0 Å². The first kappa shape index (κ1) is 21.2. The molecule has 0 radical (unpaired) electrons. The van der Waals surface area contributed by atoms with Gasteiger partial charge in [0.25, 0.3) is 11.5 Å². The van der Waals surface area contributed by atoms with Crippen molar-refractivity contribution in [1.29, 1.82) is 0 Å². The molecule has 1 fully saturated rings. The molecule has 1 saturated heterocycles. The Kier molecular flexibility index (Phi) is 5.86. The van der Waals surface area contributed by atoms with Crippen molar-refractivity contribution >= 4 is 39.8 Å². The Morgan fingerprint density at radius 2 is 1.70 bits per heavy atom. The number of carbonyl (C=O) groups excluding carboxylic acids is 1. The van der Waals surface area contributed by atoms with Gasteiger partial charge in [0, 0.05) is 46.0 Å². The van der Waals surface area contributed by atoms with E-state index in [0.717, 1.165) is 24.3 Å². The molecule has 1 aliphatic rings. The molecule has 0 bridgehead atoms. The Balaban J connectivity index is 1.53. The highest BCUT2D eigenvalue weighted by Crippen LogP contribution is 2.31. The number of hydrogen-bond donors (Lipinski definition) is 2. The van der Waals surface area contributed by atoms with Gasteiger partial charge in [0.2, 0.25) is 0 Å². The van der Waals surface area contributed by atoms with Crippen molar-refractivity contribution in [2.24, 2.45) is 0 Å². The molecule has 7 heteroatoms. The summed E-state index contributed by atoms with van der Waals surface area (Å²) in [5.74, 6) is -0.476. The summed E-state index contributed by atoms with van der Waals surface area (Å²) < 4.78 is 5.40. The minimum absolute atomic E-state index is 0.0493. The minimum atomic E-state index is -0.476. The first-order chi connectivity index (χ1) is 16.1. The third kappa shape index (κ3) is 4.35. The Morgan fingerprint density at radius 1 is 0.970 bits per heavy atom. The van der Waals surface area contributed by atoms with Gasteiger partial charge < -0.3 is 19.9 Å². The fraction of sp³-hybridized carbons (Fsp3) is 0.154. The van der Waals surface area contributed by atoms with Crippen LogP contribution in [0.15, 0.2) is 77.6 Å². The number of halogens is 1. The third-order valence-electron chi connectivity index (χ3n) is 5.77. The molecule has 4 aromatic rings. The van der Waals surface area contributed by atoms with Crippen LogP contribution >= 0.6 is 11.6 Å². The molecule has 166 valence electrons. The normalized spacial score (nSPS) is 13.8. The fourth-order valence-electron chi connectivity index (χ4n) is 4.16. The standard InChI is InChI=1S/C26H22ClN3O3/c27-18-6-11-22-21(16-18)23(17-4-2-1-3-5-17)24(26(32)29-22)25(31)28-19-7-9-20(10-8-19)30-12-14-33-15-13-30/h1-11,16H,12-15H2,(H,28,31)(H,29,32). The summed E-state index contributed by atoms with van der Waals surface area (Å²) in [5, 5.41) is 4.12. The predicted molar refractivity (Wildman–Crippen MR) is 132 cm³/mol. The van der Waals surface area contributed by atoms with E-state index < -0.39 is 11.5 Å². The first-order valence-corrected chi connectivity index (χ1v) is 11.1. The zero-order valence-electron chi connectivity index (χ0n) is 17.8. The van der Waals surface area contributed by atoms with Gasteiger partial charge in [0.05, 0.1) is 13.2 Å². The molecule has 1 amide bonds. The highest BCUT2D eigenvalue weighted by atomic mass is 35.5. The highest BCUT2D eigenvalue weighted by Gasteiger charge is 2.21. The van der Waals surface area contributed by atoms with Crippen molar-refractivity contribution in [3.8, 4) is 11.1 Å².